The highest BCUT2D eigenvalue weighted by Gasteiger charge is 2.27. The molecule has 104 valence electrons. The van der Waals surface area contributed by atoms with Crippen molar-refractivity contribution in [3.05, 3.63) is 40.5 Å². The predicted octanol–water partition coefficient (Wildman–Crippen LogP) is 1.12. The summed E-state index contributed by atoms with van der Waals surface area (Å²) in [5, 5.41) is 16.2. The van der Waals surface area contributed by atoms with Crippen LogP contribution in [0.4, 0.5) is 0 Å². The van der Waals surface area contributed by atoms with Crippen molar-refractivity contribution in [2.24, 2.45) is 7.05 Å². The van der Waals surface area contributed by atoms with E-state index in [0.717, 1.165) is 4.68 Å². The Morgan fingerprint density at radius 2 is 2.05 bits per heavy atom. The molecule has 1 aromatic carbocycles. The van der Waals surface area contributed by atoms with E-state index in [4.69, 9.17) is 5.26 Å². The van der Waals surface area contributed by atoms with Gasteiger partial charge in [0.25, 0.3) is 10.0 Å². The molecule has 1 N–H and O–H groups in total. The molecule has 7 nitrogen and oxygen atoms in total. The van der Waals surface area contributed by atoms with E-state index < -0.39 is 16.1 Å². The number of aromatic nitrogens is 3. The monoisotopic (exact) mass is 355 g/mol. The van der Waals surface area contributed by atoms with E-state index in [0.29, 0.717) is 5.56 Å². The van der Waals surface area contributed by atoms with Crippen LogP contribution in [0.2, 0.25) is 0 Å². The van der Waals surface area contributed by atoms with Gasteiger partial charge in [-0.1, -0.05) is 35.5 Å². The molecule has 1 atom stereocenters. The van der Waals surface area contributed by atoms with Gasteiger partial charge in [0.15, 0.2) is 4.60 Å². The number of aryl methyl sites for hydroxylation is 1. The number of sulfonamides is 1. The van der Waals surface area contributed by atoms with E-state index >= 15 is 0 Å². The van der Waals surface area contributed by atoms with Crippen molar-refractivity contribution in [1.82, 2.24) is 19.7 Å². The topological polar surface area (TPSA) is 101 Å². The molecule has 0 spiro atoms. The first kappa shape index (κ1) is 14.6. The zero-order valence-electron chi connectivity index (χ0n) is 10.4. The van der Waals surface area contributed by atoms with E-state index in [9.17, 15) is 8.42 Å². The number of halogens is 1. The van der Waals surface area contributed by atoms with E-state index in [1.165, 1.54) is 7.05 Å². The molecule has 0 saturated heterocycles. The van der Waals surface area contributed by atoms with Crippen LogP contribution in [0, 0.1) is 11.3 Å². The number of nitriles is 1. The largest absolute Gasteiger partial charge is 0.261 e. The summed E-state index contributed by atoms with van der Waals surface area (Å²) in [5.74, 6) is 0. The minimum Gasteiger partial charge on any atom is -0.235 e. The van der Waals surface area contributed by atoms with Gasteiger partial charge in [-0.25, -0.2) is 13.1 Å². The maximum absolute atomic E-state index is 12.3. The Bertz CT molecular complexity index is 731. The number of hydrogen-bond donors (Lipinski definition) is 1. The maximum Gasteiger partial charge on any atom is 0.261 e. The summed E-state index contributed by atoms with van der Waals surface area (Å²) in [5.41, 5.74) is 0.560. The smallest absolute Gasteiger partial charge is 0.235 e. The standard InChI is InChI=1S/C11H10BrN5O2S/c1-17-11(10(12)14-16-17)20(18,19)15-9(7-13)8-5-3-2-4-6-8/h2-6,9,15H,1H3. The SMILES string of the molecule is Cn1nnc(Br)c1S(=O)(=O)NC(C#N)c1ccccc1. The molecule has 0 saturated carbocycles. The Hall–Kier alpha value is -1.76. The van der Waals surface area contributed by atoms with Crippen LogP contribution >= 0.6 is 15.9 Å². The Labute approximate surface area is 124 Å². The average Bonchev–Trinajstić information content (AvgIpc) is 2.77. The molecule has 0 fully saturated rings. The van der Waals surface area contributed by atoms with Crippen LogP contribution < -0.4 is 4.72 Å². The van der Waals surface area contributed by atoms with E-state index in [2.05, 4.69) is 31.0 Å². The first-order valence-corrected chi connectivity index (χ1v) is 7.75. The molecule has 0 radical (unpaired) electrons. The van der Waals surface area contributed by atoms with Crippen LogP contribution in [-0.4, -0.2) is 23.4 Å². The van der Waals surface area contributed by atoms with E-state index in [1.807, 2.05) is 6.07 Å². The maximum atomic E-state index is 12.3. The van der Waals surface area contributed by atoms with Crippen molar-refractivity contribution in [1.29, 1.82) is 5.26 Å². The highest BCUT2D eigenvalue weighted by atomic mass is 79.9. The second-order valence-corrected chi connectivity index (χ2v) is 6.28. The van der Waals surface area contributed by atoms with Gasteiger partial charge in [-0.05, 0) is 21.5 Å². The van der Waals surface area contributed by atoms with Crippen LogP contribution in [0.5, 0.6) is 0 Å². The third-order valence-corrected chi connectivity index (χ3v) is 4.84. The Morgan fingerprint density at radius 3 is 2.55 bits per heavy atom. The molecule has 1 heterocycles. The molecule has 2 aromatic rings. The third kappa shape index (κ3) is 2.87. The summed E-state index contributed by atoms with van der Waals surface area (Å²) in [6.45, 7) is 0. The van der Waals surface area contributed by atoms with E-state index in [-0.39, 0.29) is 9.63 Å². The van der Waals surface area contributed by atoms with Gasteiger partial charge in [0, 0.05) is 7.05 Å². The lowest BCUT2D eigenvalue weighted by molar-refractivity contribution is 0.555. The molecule has 0 amide bonds. The number of nitrogens with one attached hydrogen (secondary N) is 1. The lowest BCUT2D eigenvalue weighted by Crippen LogP contribution is -2.29. The fraction of sp³-hybridized carbons (Fsp3) is 0.182. The summed E-state index contributed by atoms with van der Waals surface area (Å²) in [6.07, 6.45) is 0. The van der Waals surface area contributed by atoms with Crippen LogP contribution in [-0.2, 0) is 17.1 Å². The number of hydrogen-bond acceptors (Lipinski definition) is 5. The molecule has 0 aliphatic rings. The first-order chi connectivity index (χ1) is 9.45. The zero-order chi connectivity index (χ0) is 14.8. The number of rotatable bonds is 4. The zero-order valence-corrected chi connectivity index (χ0v) is 12.8. The third-order valence-electron chi connectivity index (χ3n) is 2.53. The molecule has 9 heteroatoms. The Morgan fingerprint density at radius 1 is 1.40 bits per heavy atom. The van der Waals surface area contributed by atoms with Gasteiger partial charge in [0.2, 0.25) is 5.03 Å². The van der Waals surface area contributed by atoms with Gasteiger partial charge in [0.05, 0.1) is 6.07 Å². The van der Waals surface area contributed by atoms with Gasteiger partial charge in [-0.2, -0.15) is 9.98 Å². The lowest BCUT2D eigenvalue weighted by Gasteiger charge is -2.12. The quantitative estimate of drug-likeness (QED) is 0.885. The molecule has 2 rings (SSSR count). The van der Waals surface area contributed by atoms with Crippen molar-refractivity contribution >= 4 is 26.0 Å². The van der Waals surface area contributed by atoms with Crippen molar-refractivity contribution < 1.29 is 8.42 Å². The summed E-state index contributed by atoms with van der Waals surface area (Å²) in [7, 11) is -2.46. The van der Waals surface area contributed by atoms with Crippen LogP contribution in [0.1, 0.15) is 11.6 Å². The van der Waals surface area contributed by atoms with Crippen LogP contribution in [0.3, 0.4) is 0 Å². The molecule has 0 aliphatic heterocycles. The molecular formula is C11H10BrN5O2S. The highest BCUT2D eigenvalue weighted by Crippen LogP contribution is 2.21. The summed E-state index contributed by atoms with van der Waals surface area (Å²) < 4.78 is 28.1. The summed E-state index contributed by atoms with van der Waals surface area (Å²) in [4.78, 5) is 0. The summed E-state index contributed by atoms with van der Waals surface area (Å²) >= 11 is 3.02. The van der Waals surface area contributed by atoms with E-state index in [1.54, 1.807) is 30.3 Å². The van der Waals surface area contributed by atoms with Gasteiger partial charge in [0.1, 0.15) is 6.04 Å². The van der Waals surface area contributed by atoms with Gasteiger partial charge in [-0.3, -0.25) is 0 Å². The lowest BCUT2D eigenvalue weighted by atomic mass is 10.1. The molecule has 1 aromatic heterocycles. The molecule has 0 aliphatic carbocycles. The van der Waals surface area contributed by atoms with Crippen LogP contribution in [0.25, 0.3) is 0 Å². The number of benzene rings is 1. The Balaban J connectivity index is 2.36. The average molecular weight is 356 g/mol. The molecular weight excluding hydrogens is 346 g/mol. The van der Waals surface area contributed by atoms with Gasteiger partial charge < -0.3 is 0 Å². The normalized spacial score (nSPS) is 12.8. The van der Waals surface area contributed by atoms with Crippen molar-refractivity contribution in [3.8, 4) is 6.07 Å². The fourth-order valence-corrected chi connectivity index (χ4v) is 3.86. The fourth-order valence-electron chi connectivity index (χ4n) is 1.63. The molecule has 0 bridgehead atoms. The van der Waals surface area contributed by atoms with Crippen molar-refractivity contribution in [2.75, 3.05) is 0 Å². The first-order valence-electron chi connectivity index (χ1n) is 5.48. The summed E-state index contributed by atoms with van der Waals surface area (Å²) in [6, 6.07) is 9.53. The number of nitrogens with zero attached hydrogens (tertiary/aromatic N) is 4. The minimum atomic E-state index is -3.92. The molecule has 1 unspecified atom stereocenters. The highest BCUT2D eigenvalue weighted by molar-refractivity contribution is 9.10. The van der Waals surface area contributed by atoms with Crippen molar-refractivity contribution in [2.45, 2.75) is 11.1 Å². The second kappa shape index (κ2) is 5.70. The molecule has 20 heavy (non-hydrogen) atoms. The van der Waals surface area contributed by atoms with Gasteiger partial charge in [-0.15, -0.1) is 5.10 Å². The van der Waals surface area contributed by atoms with Crippen molar-refractivity contribution in [3.63, 3.8) is 0 Å². The van der Waals surface area contributed by atoms with Crippen LogP contribution in [0.15, 0.2) is 40.0 Å². The predicted molar refractivity (Wildman–Crippen MR) is 73.8 cm³/mol. The minimum absolute atomic E-state index is 0.0947. The second-order valence-electron chi connectivity index (χ2n) is 3.90. The Kier molecular flexibility index (Phi) is 4.17. The van der Waals surface area contributed by atoms with Gasteiger partial charge >= 0.3 is 0 Å².